The van der Waals surface area contributed by atoms with Crippen LogP contribution in [0.15, 0.2) is 42.5 Å². The second-order valence-electron chi connectivity index (χ2n) is 7.00. The van der Waals surface area contributed by atoms with Gasteiger partial charge < -0.3 is 19.9 Å². The van der Waals surface area contributed by atoms with E-state index in [1.807, 2.05) is 29.2 Å². The van der Waals surface area contributed by atoms with Gasteiger partial charge in [0.15, 0.2) is 0 Å². The number of nitrogens with zero attached hydrogens (tertiary/aromatic N) is 2. The van der Waals surface area contributed by atoms with E-state index in [4.69, 9.17) is 4.74 Å². The second-order valence-corrected chi connectivity index (χ2v) is 7.00. The number of carbonyl (C=O) groups is 1. The van der Waals surface area contributed by atoms with Crippen LogP contribution in [0.1, 0.15) is 16.7 Å². The summed E-state index contributed by atoms with van der Waals surface area (Å²) in [7, 11) is 1.67. The third-order valence-electron chi connectivity index (χ3n) is 5.33. The first-order chi connectivity index (χ1) is 13.1. The Morgan fingerprint density at radius 1 is 1.04 bits per heavy atom. The van der Waals surface area contributed by atoms with Crippen molar-refractivity contribution in [1.29, 1.82) is 0 Å². The number of anilines is 1. The van der Waals surface area contributed by atoms with Crippen molar-refractivity contribution in [3.8, 4) is 5.75 Å². The largest absolute Gasteiger partial charge is 0.496 e. The van der Waals surface area contributed by atoms with Crippen LogP contribution in [0.25, 0.3) is 0 Å². The number of hydrogen-bond donors (Lipinski definition) is 1. The predicted molar refractivity (Wildman–Crippen MR) is 109 cm³/mol. The standard InChI is InChI=1S/C22H29N3O2/c1-17-7-6-9-20(18(17)2)24-11-13-25(14-12-24)22(26)16-23-15-19-8-4-5-10-21(19)27-3/h4-10,23H,11-16H2,1-3H3. The van der Waals surface area contributed by atoms with Gasteiger partial charge in [0, 0.05) is 44.0 Å². The first-order valence-electron chi connectivity index (χ1n) is 9.51. The third-order valence-corrected chi connectivity index (χ3v) is 5.33. The summed E-state index contributed by atoms with van der Waals surface area (Å²) in [4.78, 5) is 16.9. The highest BCUT2D eigenvalue weighted by atomic mass is 16.5. The minimum atomic E-state index is 0.158. The van der Waals surface area contributed by atoms with Crippen molar-refractivity contribution < 1.29 is 9.53 Å². The highest BCUT2D eigenvalue weighted by molar-refractivity contribution is 5.78. The molecule has 1 amide bonds. The fourth-order valence-electron chi connectivity index (χ4n) is 3.54. The number of ether oxygens (including phenoxy) is 1. The lowest BCUT2D eigenvalue weighted by Gasteiger charge is -2.37. The minimum Gasteiger partial charge on any atom is -0.496 e. The molecule has 2 aromatic rings. The SMILES string of the molecule is COc1ccccc1CNCC(=O)N1CCN(c2cccc(C)c2C)CC1. The molecule has 0 atom stereocenters. The number of piperazine rings is 1. The minimum absolute atomic E-state index is 0.158. The Hall–Kier alpha value is -2.53. The molecule has 5 nitrogen and oxygen atoms in total. The summed E-state index contributed by atoms with van der Waals surface area (Å²) in [5.41, 5.74) is 4.99. The predicted octanol–water partition coefficient (Wildman–Crippen LogP) is 2.75. The summed E-state index contributed by atoms with van der Waals surface area (Å²) in [6.07, 6.45) is 0. The number of hydrogen-bond acceptors (Lipinski definition) is 4. The summed E-state index contributed by atoms with van der Waals surface area (Å²) >= 11 is 0. The highest BCUT2D eigenvalue weighted by Crippen LogP contribution is 2.23. The average Bonchev–Trinajstić information content (AvgIpc) is 2.70. The Balaban J connectivity index is 1.48. The van der Waals surface area contributed by atoms with Crippen molar-refractivity contribution >= 4 is 11.6 Å². The lowest BCUT2D eigenvalue weighted by Crippen LogP contribution is -2.51. The molecule has 1 aliphatic heterocycles. The summed E-state index contributed by atoms with van der Waals surface area (Å²) in [6, 6.07) is 14.3. The van der Waals surface area contributed by atoms with E-state index in [2.05, 4.69) is 42.3 Å². The van der Waals surface area contributed by atoms with Crippen LogP contribution in [0.5, 0.6) is 5.75 Å². The molecule has 2 aromatic carbocycles. The number of nitrogens with one attached hydrogen (secondary N) is 1. The van der Waals surface area contributed by atoms with Gasteiger partial charge in [0.1, 0.15) is 5.75 Å². The normalized spacial score (nSPS) is 14.3. The topological polar surface area (TPSA) is 44.8 Å². The van der Waals surface area contributed by atoms with Crippen LogP contribution in [0.2, 0.25) is 0 Å². The Bertz CT molecular complexity index is 783. The average molecular weight is 367 g/mol. The smallest absolute Gasteiger partial charge is 0.236 e. The molecule has 0 saturated carbocycles. The van der Waals surface area contributed by atoms with Gasteiger partial charge in [-0.15, -0.1) is 0 Å². The first-order valence-corrected chi connectivity index (χ1v) is 9.51. The van der Waals surface area contributed by atoms with Gasteiger partial charge >= 0.3 is 0 Å². The molecule has 1 fully saturated rings. The summed E-state index contributed by atoms with van der Waals surface area (Å²) < 4.78 is 5.35. The van der Waals surface area contributed by atoms with Crippen LogP contribution in [-0.2, 0) is 11.3 Å². The van der Waals surface area contributed by atoms with Gasteiger partial charge in [-0.05, 0) is 37.1 Å². The number of rotatable bonds is 6. The maximum Gasteiger partial charge on any atom is 0.236 e. The van der Waals surface area contributed by atoms with Crippen molar-refractivity contribution in [2.45, 2.75) is 20.4 Å². The van der Waals surface area contributed by atoms with Crippen LogP contribution < -0.4 is 15.0 Å². The highest BCUT2D eigenvalue weighted by Gasteiger charge is 2.22. The van der Waals surface area contributed by atoms with Crippen LogP contribution in [0, 0.1) is 13.8 Å². The third kappa shape index (κ3) is 4.61. The Labute approximate surface area is 161 Å². The monoisotopic (exact) mass is 367 g/mol. The molecule has 1 heterocycles. The number of carbonyl (C=O) groups excluding carboxylic acids is 1. The molecule has 0 spiro atoms. The second kappa shape index (κ2) is 8.91. The molecule has 1 saturated heterocycles. The Morgan fingerprint density at radius 3 is 2.52 bits per heavy atom. The van der Waals surface area contributed by atoms with Crippen molar-refractivity contribution in [3.05, 3.63) is 59.2 Å². The number of aryl methyl sites for hydroxylation is 1. The van der Waals surface area contributed by atoms with Gasteiger partial charge in [-0.2, -0.15) is 0 Å². The van der Waals surface area contributed by atoms with Crippen molar-refractivity contribution in [2.24, 2.45) is 0 Å². The van der Waals surface area contributed by atoms with E-state index >= 15 is 0 Å². The summed E-state index contributed by atoms with van der Waals surface area (Å²) in [6.45, 7) is 8.58. The summed E-state index contributed by atoms with van der Waals surface area (Å²) in [5.74, 6) is 1.00. The number of amides is 1. The molecule has 144 valence electrons. The van der Waals surface area contributed by atoms with Crippen molar-refractivity contribution in [2.75, 3.05) is 44.7 Å². The van der Waals surface area contributed by atoms with E-state index in [-0.39, 0.29) is 5.91 Å². The molecule has 1 aliphatic rings. The molecule has 0 unspecified atom stereocenters. The zero-order chi connectivity index (χ0) is 19.2. The van der Waals surface area contributed by atoms with E-state index in [0.717, 1.165) is 37.5 Å². The molecule has 27 heavy (non-hydrogen) atoms. The fraction of sp³-hybridized carbons (Fsp3) is 0.409. The zero-order valence-corrected chi connectivity index (χ0v) is 16.5. The van der Waals surface area contributed by atoms with Gasteiger partial charge in [0.25, 0.3) is 0 Å². The maximum absolute atomic E-state index is 12.5. The quantitative estimate of drug-likeness (QED) is 0.853. The van der Waals surface area contributed by atoms with E-state index in [9.17, 15) is 4.79 Å². The molecule has 0 radical (unpaired) electrons. The number of methoxy groups -OCH3 is 1. The first kappa shape index (κ1) is 19.2. The van der Waals surface area contributed by atoms with Crippen molar-refractivity contribution in [1.82, 2.24) is 10.2 Å². The lowest BCUT2D eigenvalue weighted by molar-refractivity contribution is -0.130. The Kier molecular flexibility index (Phi) is 6.35. The van der Waals surface area contributed by atoms with Gasteiger partial charge in [-0.1, -0.05) is 30.3 Å². The van der Waals surface area contributed by atoms with Crippen LogP contribution in [0.3, 0.4) is 0 Å². The molecule has 3 rings (SSSR count). The maximum atomic E-state index is 12.5. The van der Waals surface area contributed by atoms with E-state index in [0.29, 0.717) is 13.1 Å². The van der Waals surface area contributed by atoms with Crippen LogP contribution in [-0.4, -0.2) is 50.6 Å². The molecule has 5 heteroatoms. The van der Waals surface area contributed by atoms with E-state index < -0.39 is 0 Å². The number of benzene rings is 2. The molecule has 0 aromatic heterocycles. The Morgan fingerprint density at radius 2 is 1.78 bits per heavy atom. The molecular formula is C22H29N3O2. The molecular weight excluding hydrogens is 338 g/mol. The zero-order valence-electron chi connectivity index (χ0n) is 16.5. The van der Waals surface area contributed by atoms with Gasteiger partial charge in [0.05, 0.1) is 13.7 Å². The molecule has 0 aliphatic carbocycles. The fourth-order valence-corrected chi connectivity index (χ4v) is 3.54. The van der Waals surface area contributed by atoms with Crippen LogP contribution >= 0.6 is 0 Å². The number of para-hydroxylation sites is 1. The van der Waals surface area contributed by atoms with Crippen molar-refractivity contribution in [3.63, 3.8) is 0 Å². The molecule has 0 bridgehead atoms. The van der Waals surface area contributed by atoms with Gasteiger partial charge in [-0.3, -0.25) is 4.79 Å². The lowest BCUT2D eigenvalue weighted by atomic mass is 10.1. The molecule has 1 N–H and O–H groups in total. The van der Waals surface area contributed by atoms with Crippen LogP contribution in [0.4, 0.5) is 5.69 Å². The van der Waals surface area contributed by atoms with Gasteiger partial charge in [0.2, 0.25) is 5.91 Å². The summed E-state index contributed by atoms with van der Waals surface area (Å²) in [5, 5.41) is 3.25. The van der Waals surface area contributed by atoms with E-state index in [1.54, 1.807) is 7.11 Å². The van der Waals surface area contributed by atoms with E-state index in [1.165, 1.54) is 16.8 Å². The van der Waals surface area contributed by atoms with Gasteiger partial charge in [-0.25, -0.2) is 0 Å².